The third kappa shape index (κ3) is 17.6. The van der Waals surface area contributed by atoms with Crippen molar-refractivity contribution in [1.29, 1.82) is 0 Å². The molecule has 5 heteroatoms. The van der Waals surface area contributed by atoms with E-state index in [9.17, 15) is 19.8 Å². The largest absolute Gasteiger partial charge is 0.393 e. The Balaban J connectivity index is 3.80. The molecule has 0 aliphatic rings. The smallest absolute Gasteiger partial charge is 0.348 e. The summed E-state index contributed by atoms with van der Waals surface area (Å²) < 4.78 is 4.83. The van der Waals surface area contributed by atoms with E-state index in [0.717, 1.165) is 32.1 Å². The fraction of sp³-hybridized carbons (Fsp3) is 0.926. The number of carbonyl (C=O) groups excluding carboxylic acids is 2. The Hall–Kier alpha value is -0.940. The second kappa shape index (κ2) is 21.9. The number of ether oxygens (including phenoxy) is 1. The predicted octanol–water partition coefficient (Wildman–Crippen LogP) is 7.01. The van der Waals surface area contributed by atoms with Crippen LogP contribution in [-0.4, -0.2) is 34.4 Å². The molecular weight excluding hydrogens is 404 g/mol. The molecule has 0 aromatic heterocycles. The molecule has 0 radical (unpaired) electrons. The number of esters is 2. The summed E-state index contributed by atoms with van der Waals surface area (Å²) in [7, 11) is 0. The summed E-state index contributed by atoms with van der Waals surface area (Å²) in [6, 6.07) is 0. The molecule has 2 N–H and O–H groups in total. The molecule has 5 nitrogen and oxygen atoms in total. The lowest BCUT2D eigenvalue weighted by Gasteiger charge is -2.23. The first-order chi connectivity index (χ1) is 15.5. The Bertz CT molecular complexity index is 451. The molecule has 0 saturated carbocycles. The highest BCUT2D eigenvalue weighted by Crippen LogP contribution is 2.19. The second-order valence-electron chi connectivity index (χ2n) is 9.46. The van der Waals surface area contributed by atoms with Crippen molar-refractivity contribution in [3.63, 3.8) is 0 Å². The molecule has 1 atom stereocenters. The highest BCUT2D eigenvalue weighted by atomic mass is 16.6. The van der Waals surface area contributed by atoms with E-state index in [2.05, 4.69) is 13.8 Å². The van der Waals surface area contributed by atoms with E-state index in [1.807, 2.05) is 0 Å². The summed E-state index contributed by atoms with van der Waals surface area (Å²) in [5, 5.41) is 19.9. The fourth-order valence-electron chi connectivity index (χ4n) is 3.98. The summed E-state index contributed by atoms with van der Waals surface area (Å²) in [5.41, 5.74) is -1.96. The second-order valence-corrected chi connectivity index (χ2v) is 9.46. The highest BCUT2D eigenvalue weighted by molar-refractivity contribution is 5.90. The van der Waals surface area contributed by atoms with Gasteiger partial charge in [-0.1, -0.05) is 123 Å². The van der Waals surface area contributed by atoms with Gasteiger partial charge in [0.15, 0.2) is 5.60 Å². The molecule has 0 aliphatic heterocycles. The van der Waals surface area contributed by atoms with Crippen molar-refractivity contribution in [3.05, 3.63) is 0 Å². The standard InChI is InChI=1S/C27H52O5/c1-3-5-7-9-11-13-14-15-16-18-20-22-25(29)32-26(30)27(31,24-28)23-21-19-17-12-10-8-6-4-2/h28,31H,3-24H2,1-2H3. The molecule has 0 spiro atoms. The average Bonchev–Trinajstić information content (AvgIpc) is 2.79. The third-order valence-electron chi connectivity index (χ3n) is 6.28. The predicted molar refractivity (Wildman–Crippen MR) is 131 cm³/mol. The summed E-state index contributed by atoms with van der Waals surface area (Å²) >= 11 is 0. The van der Waals surface area contributed by atoms with Crippen molar-refractivity contribution in [2.75, 3.05) is 6.61 Å². The molecule has 0 bridgehead atoms. The van der Waals surface area contributed by atoms with E-state index in [0.29, 0.717) is 12.8 Å². The topological polar surface area (TPSA) is 83.8 Å². The van der Waals surface area contributed by atoms with Crippen molar-refractivity contribution >= 4 is 11.9 Å². The van der Waals surface area contributed by atoms with Gasteiger partial charge in [0.1, 0.15) is 0 Å². The van der Waals surface area contributed by atoms with E-state index >= 15 is 0 Å². The molecule has 0 amide bonds. The van der Waals surface area contributed by atoms with Crippen LogP contribution in [0.3, 0.4) is 0 Å². The van der Waals surface area contributed by atoms with Gasteiger partial charge in [-0.25, -0.2) is 4.79 Å². The maximum atomic E-state index is 12.2. The Kier molecular flexibility index (Phi) is 21.2. The number of aliphatic hydroxyl groups excluding tert-OH is 1. The fourth-order valence-corrected chi connectivity index (χ4v) is 3.98. The molecular formula is C27H52O5. The first kappa shape index (κ1) is 31.1. The van der Waals surface area contributed by atoms with Gasteiger partial charge in [0.2, 0.25) is 0 Å². The van der Waals surface area contributed by atoms with Crippen LogP contribution in [0.4, 0.5) is 0 Å². The Morgan fingerprint density at radius 1 is 0.625 bits per heavy atom. The SMILES string of the molecule is CCCCCCCCCCCCCC(=O)OC(=O)C(O)(CO)CCCCCCCCCC. The average molecular weight is 457 g/mol. The van der Waals surface area contributed by atoms with Crippen LogP contribution in [0.1, 0.15) is 149 Å². The molecule has 0 saturated heterocycles. The molecule has 32 heavy (non-hydrogen) atoms. The van der Waals surface area contributed by atoms with Gasteiger partial charge >= 0.3 is 11.9 Å². The maximum Gasteiger partial charge on any atom is 0.348 e. The maximum absolute atomic E-state index is 12.2. The molecule has 0 aliphatic carbocycles. The Labute approximate surface area is 197 Å². The quantitative estimate of drug-likeness (QED) is 0.0981. The van der Waals surface area contributed by atoms with Gasteiger partial charge in [-0.3, -0.25) is 4.79 Å². The molecule has 0 rings (SSSR count). The van der Waals surface area contributed by atoms with Crippen molar-refractivity contribution < 1.29 is 24.5 Å². The zero-order valence-electron chi connectivity index (χ0n) is 21.2. The van der Waals surface area contributed by atoms with Crippen LogP contribution in [-0.2, 0) is 14.3 Å². The van der Waals surface area contributed by atoms with E-state index in [1.165, 1.54) is 77.0 Å². The first-order valence-corrected chi connectivity index (χ1v) is 13.6. The van der Waals surface area contributed by atoms with Crippen LogP contribution >= 0.6 is 0 Å². The lowest BCUT2D eigenvalue weighted by Crippen LogP contribution is -2.44. The zero-order chi connectivity index (χ0) is 23.9. The van der Waals surface area contributed by atoms with Gasteiger partial charge < -0.3 is 14.9 Å². The minimum Gasteiger partial charge on any atom is -0.393 e. The highest BCUT2D eigenvalue weighted by Gasteiger charge is 2.37. The number of rotatable bonds is 23. The van der Waals surface area contributed by atoms with Crippen LogP contribution in [0.15, 0.2) is 0 Å². The van der Waals surface area contributed by atoms with Gasteiger partial charge in [-0.05, 0) is 19.3 Å². The lowest BCUT2D eigenvalue weighted by molar-refractivity contribution is -0.178. The van der Waals surface area contributed by atoms with Crippen molar-refractivity contribution in [2.45, 2.75) is 154 Å². The molecule has 0 aromatic carbocycles. The van der Waals surface area contributed by atoms with Gasteiger partial charge in [-0.2, -0.15) is 0 Å². The summed E-state index contributed by atoms with van der Waals surface area (Å²) in [6.07, 6.45) is 22.1. The Morgan fingerprint density at radius 3 is 1.41 bits per heavy atom. The molecule has 0 heterocycles. The van der Waals surface area contributed by atoms with Gasteiger partial charge in [-0.15, -0.1) is 0 Å². The van der Waals surface area contributed by atoms with Crippen molar-refractivity contribution in [3.8, 4) is 0 Å². The summed E-state index contributed by atoms with van der Waals surface area (Å²) in [4.78, 5) is 24.1. The van der Waals surface area contributed by atoms with E-state index in [1.54, 1.807) is 0 Å². The number of unbranched alkanes of at least 4 members (excludes halogenated alkanes) is 17. The van der Waals surface area contributed by atoms with Crippen molar-refractivity contribution in [2.24, 2.45) is 0 Å². The molecule has 1 unspecified atom stereocenters. The normalized spacial score (nSPS) is 13.1. The van der Waals surface area contributed by atoms with Gasteiger partial charge in [0, 0.05) is 6.42 Å². The van der Waals surface area contributed by atoms with E-state index < -0.39 is 24.1 Å². The van der Waals surface area contributed by atoms with Gasteiger partial charge in [0.25, 0.3) is 0 Å². The molecule has 0 fully saturated rings. The number of hydrogen-bond donors (Lipinski definition) is 2. The zero-order valence-corrected chi connectivity index (χ0v) is 21.2. The summed E-state index contributed by atoms with van der Waals surface area (Å²) in [5.74, 6) is -1.61. The monoisotopic (exact) mass is 456 g/mol. The van der Waals surface area contributed by atoms with E-state index in [4.69, 9.17) is 4.74 Å². The van der Waals surface area contributed by atoms with Crippen LogP contribution in [0, 0.1) is 0 Å². The Morgan fingerprint density at radius 2 is 1.00 bits per heavy atom. The molecule has 0 aromatic rings. The number of hydrogen-bond acceptors (Lipinski definition) is 5. The third-order valence-corrected chi connectivity index (χ3v) is 6.28. The van der Waals surface area contributed by atoms with Crippen LogP contribution in [0.5, 0.6) is 0 Å². The lowest BCUT2D eigenvalue weighted by atomic mass is 9.96. The van der Waals surface area contributed by atoms with Crippen LogP contribution in [0.2, 0.25) is 0 Å². The van der Waals surface area contributed by atoms with Crippen molar-refractivity contribution in [1.82, 2.24) is 0 Å². The number of carbonyl (C=O) groups is 2. The molecule has 190 valence electrons. The van der Waals surface area contributed by atoms with Crippen LogP contribution in [0.25, 0.3) is 0 Å². The summed E-state index contributed by atoms with van der Waals surface area (Å²) in [6.45, 7) is 3.71. The van der Waals surface area contributed by atoms with E-state index in [-0.39, 0.29) is 12.8 Å². The minimum atomic E-state index is -1.96. The van der Waals surface area contributed by atoms with Crippen LogP contribution < -0.4 is 0 Å². The number of aliphatic hydroxyl groups is 2. The first-order valence-electron chi connectivity index (χ1n) is 13.6. The minimum absolute atomic E-state index is 0.128. The van der Waals surface area contributed by atoms with Gasteiger partial charge in [0.05, 0.1) is 6.61 Å².